The number of fused-ring (bicyclic) bond motifs is 8. The van der Waals surface area contributed by atoms with E-state index in [-0.39, 0.29) is 92.5 Å². The third-order valence-corrected chi connectivity index (χ3v) is 4.94. The number of benzene rings is 3. The Morgan fingerprint density at radius 1 is 0.462 bits per heavy atom. The van der Waals surface area contributed by atoms with Gasteiger partial charge >= 0.3 is 89.2 Å². The summed E-state index contributed by atoms with van der Waals surface area (Å²) in [6, 6.07) is 15.2. The number of carboxylic acids is 2. The van der Waals surface area contributed by atoms with Crippen LogP contribution in [0.3, 0.4) is 0 Å². The van der Waals surface area contributed by atoms with Gasteiger partial charge in [-0.25, -0.2) is 19.2 Å². The fourth-order valence-corrected chi connectivity index (χ4v) is 3.04. The molecule has 0 fully saturated rings. The van der Waals surface area contributed by atoms with Crippen LogP contribution in [-0.4, -0.2) is 42.0 Å². The average molecular weight is 550 g/mol. The van der Waals surface area contributed by atoms with Gasteiger partial charge in [0.15, 0.2) is 0 Å². The summed E-state index contributed by atoms with van der Waals surface area (Å²) in [5.41, 5.74) is 0.0849. The second kappa shape index (κ2) is 13.0. The molecule has 0 saturated carbocycles. The van der Waals surface area contributed by atoms with Crippen LogP contribution in [0.2, 0.25) is 0 Å². The van der Waals surface area contributed by atoms with Crippen molar-refractivity contribution in [3.8, 4) is 0 Å². The topological polar surface area (TPSA) is 185 Å². The Hall–Kier alpha value is -3.52. The number of carbonyl (C=O) groups excluding carboxylic acids is 6. The van der Waals surface area contributed by atoms with Crippen LogP contribution in [-0.2, 0) is 18.9 Å². The van der Waals surface area contributed by atoms with Crippen molar-refractivity contribution in [1.29, 1.82) is 0 Å². The normalized spacial score (nSPS) is 14.4. The molecule has 4 bridgehead atoms. The fourth-order valence-electron chi connectivity index (χ4n) is 3.04. The van der Waals surface area contributed by atoms with E-state index in [1.165, 1.54) is 48.5 Å². The van der Waals surface area contributed by atoms with Crippen molar-refractivity contribution in [3.63, 3.8) is 0 Å². The van der Waals surface area contributed by atoms with Crippen LogP contribution < -0.4 is 69.3 Å². The fraction of sp³-hybridized carbons (Fsp3) is 0.0400. The zero-order chi connectivity index (χ0) is 26.7. The first-order chi connectivity index (χ1) is 17.6. The van der Waals surface area contributed by atoms with Crippen molar-refractivity contribution < 1.29 is 117 Å². The first-order valence-corrected chi connectivity index (χ1v) is 10.2. The molecule has 3 aromatic carbocycles. The zero-order valence-corrected chi connectivity index (χ0v) is 24.3. The molecule has 0 amide bonds. The molecule has 0 radical (unpaired) electrons. The molecule has 0 aromatic heterocycles. The quantitative estimate of drug-likeness (QED) is 0.218. The van der Waals surface area contributed by atoms with Crippen molar-refractivity contribution in [3.05, 3.63) is 106 Å². The maximum absolute atomic E-state index is 12.2. The van der Waals surface area contributed by atoms with Gasteiger partial charge in [0.25, 0.3) is 0 Å². The van der Waals surface area contributed by atoms with E-state index in [1.54, 1.807) is 0 Å². The first kappa shape index (κ1) is 31.7. The molecule has 0 aliphatic carbocycles. The molecular formula is C25H12Na2O12. The number of hydrogen-bond donors (Lipinski definition) is 0. The molecule has 0 unspecified atom stereocenters. The van der Waals surface area contributed by atoms with Crippen molar-refractivity contribution in [2.24, 2.45) is 0 Å². The van der Waals surface area contributed by atoms with E-state index in [0.29, 0.717) is 0 Å². The van der Waals surface area contributed by atoms with Crippen molar-refractivity contribution in [2.45, 2.75) is 6.16 Å². The van der Waals surface area contributed by atoms with Gasteiger partial charge in [-0.3, -0.25) is 0 Å². The van der Waals surface area contributed by atoms with Gasteiger partial charge in [-0.2, -0.15) is 0 Å². The van der Waals surface area contributed by atoms with Crippen LogP contribution >= 0.6 is 0 Å². The number of hydrogen-bond acceptors (Lipinski definition) is 12. The Morgan fingerprint density at radius 3 is 0.846 bits per heavy atom. The van der Waals surface area contributed by atoms with Gasteiger partial charge in [0.2, 0.25) is 0 Å². The van der Waals surface area contributed by atoms with E-state index in [4.69, 9.17) is 18.9 Å². The van der Waals surface area contributed by atoms with Gasteiger partial charge in [-0.05, 0) is 59.7 Å². The van der Waals surface area contributed by atoms with Crippen LogP contribution in [0.15, 0.2) is 72.8 Å². The SMILES string of the molecule is O=C([O-])c1ccc(C(=O)[O-])cc1.O=C1OC2(OC(=O)c3ccc1cc3)OC(=O)c1ccc(cc1)C(=O)O2.[Na+].[Na+]. The molecule has 14 heteroatoms. The zero-order valence-electron chi connectivity index (χ0n) is 20.3. The van der Waals surface area contributed by atoms with E-state index < -0.39 is 42.0 Å². The second-order valence-electron chi connectivity index (χ2n) is 7.37. The third kappa shape index (κ3) is 7.32. The molecule has 0 saturated heterocycles. The maximum atomic E-state index is 12.2. The molecule has 4 aliphatic rings. The van der Waals surface area contributed by atoms with Gasteiger partial charge in [0, 0.05) is 0 Å². The van der Waals surface area contributed by atoms with Crippen LogP contribution in [0.5, 0.6) is 0 Å². The van der Waals surface area contributed by atoms with Gasteiger partial charge in [-0.15, -0.1) is 0 Å². The Kier molecular flexibility index (Phi) is 10.6. The summed E-state index contributed by atoms with van der Waals surface area (Å²) in [7, 11) is 0. The standard InChI is InChI=1S/C17H8O8.C8H6O4.2Na/c18-13-9-1-2-10(4-3-9)14(19)23-17(22-13)24-15(20)11-5-6-12(8-7-11)16(21)25-17;9-7(10)5-1-2-6(4-3-5)8(11)12;;/h1-8H;1-4H,(H,9,10)(H,11,12);;/q;;2*+1/p-2. The average Bonchev–Trinajstić information content (AvgIpc) is 3.00. The van der Waals surface area contributed by atoms with Gasteiger partial charge in [0.1, 0.15) is 0 Å². The van der Waals surface area contributed by atoms with Gasteiger partial charge in [-0.1, -0.05) is 24.3 Å². The Morgan fingerprint density at radius 2 is 0.667 bits per heavy atom. The van der Waals surface area contributed by atoms with Crippen molar-refractivity contribution in [1.82, 2.24) is 0 Å². The van der Waals surface area contributed by atoms with Crippen LogP contribution in [0.4, 0.5) is 0 Å². The third-order valence-electron chi connectivity index (χ3n) is 4.94. The minimum atomic E-state index is -2.97. The summed E-state index contributed by atoms with van der Waals surface area (Å²) < 4.78 is 19.8. The Labute approximate surface area is 263 Å². The van der Waals surface area contributed by atoms with Gasteiger partial charge < -0.3 is 38.7 Å². The predicted octanol–water partition coefficient (Wildman–Crippen LogP) is -5.93. The summed E-state index contributed by atoms with van der Waals surface area (Å²) in [4.78, 5) is 69.4. The molecule has 4 aliphatic heterocycles. The molecule has 3 aromatic rings. The van der Waals surface area contributed by atoms with Gasteiger partial charge in [0.05, 0.1) is 34.2 Å². The molecule has 0 atom stereocenters. The monoisotopic (exact) mass is 550 g/mol. The largest absolute Gasteiger partial charge is 1.00 e. The molecule has 12 nitrogen and oxygen atoms in total. The summed E-state index contributed by atoms with van der Waals surface area (Å²) in [5.74, 6) is -6.71. The van der Waals surface area contributed by atoms with E-state index in [1.807, 2.05) is 0 Å². The molecular weight excluding hydrogens is 538 g/mol. The van der Waals surface area contributed by atoms with E-state index >= 15 is 0 Å². The Balaban J connectivity index is 0.000000326. The number of carboxylic acid groups (broad SMARTS) is 2. The molecule has 4 heterocycles. The number of aromatic carboxylic acids is 2. The number of esters is 4. The minimum absolute atomic E-state index is 0. The van der Waals surface area contributed by atoms with E-state index in [0.717, 1.165) is 24.3 Å². The number of ether oxygens (including phenoxy) is 4. The maximum Gasteiger partial charge on any atom is 1.00 e. The van der Waals surface area contributed by atoms with Crippen LogP contribution in [0.1, 0.15) is 62.1 Å². The van der Waals surface area contributed by atoms with Crippen molar-refractivity contribution in [2.75, 3.05) is 0 Å². The predicted molar refractivity (Wildman–Crippen MR) is 112 cm³/mol. The molecule has 7 rings (SSSR count). The minimum Gasteiger partial charge on any atom is -0.545 e. The molecule has 39 heavy (non-hydrogen) atoms. The van der Waals surface area contributed by atoms with Crippen molar-refractivity contribution >= 4 is 35.8 Å². The smallest absolute Gasteiger partial charge is 0.545 e. The summed E-state index contributed by atoms with van der Waals surface area (Å²) in [6.07, 6.45) is -2.97. The van der Waals surface area contributed by atoms with E-state index in [2.05, 4.69) is 0 Å². The van der Waals surface area contributed by atoms with E-state index in [9.17, 15) is 39.0 Å². The summed E-state index contributed by atoms with van der Waals surface area (Å²) >= 11 is 0. The molecule has 1 spiro atoms. The summed E-state index contributed by atoms with van der Waals surface area (Å²) in [5, 5.41) is 20.4. The van der Waals surface area contributed by atoms with Crippen LogP contribution in [0.25, 0.3) is 0 Å². The molecule has 0 N–H and O–H groups in total. The Bertz CT molecular complexity index is 1240. The summed E-state index contributed by atoms with van der Waals surface area (Å²) in [6.45, 7) is 0. The number of carbonyl (C=O) groups is 6. The first-order valence-electron chi connectivity index (χ1n) is 10.2. The second-order valence-corrected chi connectivity index (χ2v) is 7.37. The number of rotatable bonds is 2. The van der Waals surface area contributed by atoms with Crippen LogP contribution in [0, 0.1) is 0 Å². The molecule has 186 valence electrons.